The Kier molecular flexibility index (Phi) is 5.36. The zero-order valence-corrected chi connectivity index (χ0v) is 10.2. The molecule has 0 aliphatic rings. The highest BCUT2D eigenvalue weighted by Gasteiger charge is 2.22. The van der Waals surface area contributed by atoms with Gasteiger partial charge in [0.1, 0.15) is 4.66 Å². The lowest BCUT2D eigenvalue weighted by Gasteiger charge is -2.25. The van der Waals surface area contributed by atoms with Crippen molar-refractivity contribution in [3.63, 3.8) is 0 Å². The predicted octanol–water partition coefficient (Wildman–Crippen LogP) is 1.79. The number of rotatable bonds is 5. The first kappa shape index (κ1) is 12.4. The van der Waals surface area contributed by atoms with Crippen LogP contribution in [0, 0.1) is 0 Å². The molecule has 0 amide bonds. The molecule has 12 heavy (non-hydrogen) atoms. The van der Waals surface area contributed by atoms with E-state index in [-0.39, 0.29) is 10.7 Å². The Balaban J connectivity index is 4.56. The first-order chi connectivity index (χ1) is 5.49. The summed E-state index contributed by atoms with van der Waals surface area (Å²) in [6, 6.07) is 0.0950. The molecule has 1 unspecified atom stereocenters. The third-order valence-corrected chi connectivity index (χ3v) is 5.23. The highest BCUT2D eigenvalue weighted by Crippen LogP contribution is 2.11. The van der Waals surface area contributed by atoms with Gasteiger partial charge in [-0.1, -0.05) is 29.8 Å². The van der Waals surface area contributed by atoms with Crippen LogP contribution >= 0.6 is 15.9 Å². The molecule has 1 atom stereocenters. The maximum absolute atomic E-state index is 11.4. The van der Waals surface area contributed by atoms with Crippen molar-refractivity contribution in [2.75, 3.05) is 11.2 Å². The van der Waals surface area contributed by atoms with Gasteiger partial charge in [-0.3, -0.25) is 0 Å². The molecule has 0 radical (unpaired) electrons. The van der Waals surface area contributed by atoms with Crippen LogP contribution in [0.3, 0.4) is 0 Å². The lowest BCUT2D eigenvalue weighted by atomic mass is 10.3. The summed E-state index contributed by atoms with van der Waals surface area (Å²) in [5.41, 5.74) is 0. The van der Waals surface area contributed by atoms with Gasteiger partial charge in [0.25, 0.3) is 0 Å². The molecular formula is C7H16BrNO2S. The summed E-state index contributed by atoms with van der Waals surface area (Å²) in [5, 5.41) is 0. The van der Waals surface area contributed by atoms with E-state index in [0.29, 0.717) is 6.54 Å². The van der Waals surface area contributed by atoms with E-state index in [0.717, 1.165) is 6.42 Å². The van der Waals surface area contributed by atoms with E-state index in [9.17, 15) is 8.42 Å². The molecule has 0 aromatic heterocycles. The molecule has 0 bridgehead atoms. The molecule has 0 spiro atoms. The van der Waals surface area contributed by atoms with Crippen LogP contribution in [-0.4, -0.2) is 30.0 Å². The molecule has 74 valence electrons. The average Bonchev–Trinajstić information content (AvgIpc) is 2.05. The highest BCUT2D eigenvalue weighted by molar-refractivity contribution is 9.10. The maximum Gasteiger partial charge on any atom is 0.224 e. The van der Waals surface area contributed by atoms with E-state index >= 15 is 0 Å². The normalized spacial score (nSPS) is 15.1. The van der Waals surface area contributed by atoms with E-state index in [1.807, 2.05) is 20.8 Å². The standard InChI is InChI=1S/C7H16BrNO2S/c1-4-7(3)9(5-2)12(10,11)6-8/h7H,4-6H2,1-3H3. The second-order valence-electron chi connectivity index (χ2n) is 2.68. The van der Waals surface area contributed by atoms with Gasteiger partial charge < -0.3 is 0 Å². The van der Waals surface area contributed by atoms with Crippen LogP contribution in [0.15, 0.2) is 0 Å². The zero-order valence-electron chi connectivity index (χ0n) is 7.75. The summed E-state index contributed by atoms with van der Waals surface area (Å²) in [7, 11) is -3.07. The Morgan fingerprint density at radius 3 is 2.17 bits per heavy atom. The molecule has 0 N–H and O–H groups in total. The van der Waals surface area contributed by atoms with Crippen molar-refractivity contribution in [1.82, 2.24) is 4.31 Å². The Morgan fingerprint density at radius 2 is 1.92 bits per heavy atom. The van der Waals surface area contributed by atoms with Crippen molar-refractivity contribution in [1.29, 1.82) is 0 Å². The van der Waals surface area contributed by atoms with Crippen LogP contribution in [0.5, 0.6) is 0 Å². The maximum atomic E-state index is 11.4. The topological polar surface area (TPSA) is 37.4 Å². The molecule has 0 rings (SSSR count). The Morgan fingerprint density at radius 1 is 1.42 bits per heavy atom. The molecule has 0 aromatic rings. The van der Waals surface area contributed by atoms with Gasteiger partial charge in [-0.05, 0) is 13.3 Å². The lowest BCUT2D eigenvalue weighted by Crippen LogP contribution is -2.38. The summed E-state index contributed by atoms with van der Waals surface area (Å²) < 4.78 is 24.3. The molecular weight excluding hydrogens is 242 g/mol. The molecule has 0 aliphatic heterocycles. The average molecular weight is 258 g/mol. The van der Waals surface area contributed by atoms with E-state index in [2.05, 4.69) is 15.9 Å². The lowest BCUT2D eigenvalue weighted by molar-refractivity contribution is 0.345. The van der Waals surface area contributed by atoms with Crippen molar-refractivity contribution in [3.05, 3.63) is 0 Å². The minimum absolute atomic E-state index is 0.0121. The van der Waals surface area contributed by atoms with Crippen molar-refractivity contribution in [2.45, 2.75) is 33.2 Å². The van der Waals surface area contributed by atoms with Crippen LogP contribution < -0.4 is 0 Å². The van der Waals surface area contributed by atoms with Crippen LogP contribution in [0.4, 0.5) is 0 Å². The van der Waals surface area contributed by atoms with Gasteiger partial charge in [0, 0.05) is 12.6 Å². The van der Waals surface area contributed by atoms with Crippen LogP contribution in [0.2, 0.25) is 0 Å². The fourth-order valence-corrected chi connectivity index (χ4v) is 3.05. The van der Waals surface area contributed by atoms with Crippen molar-refractivity contribution >= 4 is 26.0 Å². The summed E-state index contributed by atoms with van der Waals surface area (Å²) in [6.45, 7) is 6.30. The van der Waals surface area contributed by atoms with Crippen LogP contribution in [-0.2, 0) is 10.0 Å². The molecule has 0 aliphatic carbocycles. The highest BCUT2D eigenvalue weighted by atomic mass is 79.9. The van der Waals surface area contributed by atoms with E-state index in [1.54, 1.807) is 0 Å². The molecule has 5 heteroatoms. The van der Waals surface area contributed by atoms with Gasteiger partial charge in [0.2, 0.25) is 10.0 Å². The van der Waals surface area contributed by atoms with Gasteiger partial charge in [-0.2, -0.15) is 4.31 Å². The molecule has 0 saturated carbocycles. The van der Waals surface area contributed by atoms with Crippen molar-refractivity contribution in [3.8, 4) is 0 Å². The largest absolute Gasteiger partial charge is 0.224 e. The molecule has 0 aromatic carbocycles. The second kappa shape index (κ2) is 5.19. The van der Waals surface area contributed by atoms with Gasteiger partial charge in [0.05, 0.1) is 0 Å². The predicted molar refractivity (Wildman–Crippen MR) is 54.8 cm³/mol. The van der Waals surface area contributed by atoms with Crippen LogP contribution in [0.25, 0.3) is 0 Å². The number of nitrogens with zero attached hydrogens (tertiary/aromatic N) is 1. The van der Waals surface area contributed by atoms with Gasteiger partial charge in [0.15, 0.2) is 0 Å². The van der Waals surface area contributed by atoms with Crippen molar-refractivity contribution in [2.24, 2.45) is 0 Å². The number of sulfonamides is 1. The molecule has 0 fully saturated rings. The third-order valence-electron chi connectivity index (χ3n) is 1.89. The van der Waals surface area contributed by atoms with Gasteiger partial charge in [-0.25, -0.2) is 8.42 Å². The zero-order chi connectivity index (χ0) is 9.78. The summed E-state index contributed by atoms with van der Waals surface area (Å²) >= 11 is 2.98. The first-order valence-electron chi connectivity index (χ1n) is 4.05. The van der Waals surface area contributed by atoms with Crippen LogP contribution in [0.1, 0.15) is 27.2 Å². The number of halogens is 1. The minimum Gasteiger partial charge on any atom is -0.211 e. The van der Waals surface area contributed by atoms with E-state index in [4.69, 9.17) is 0 Å². The summed E-state index contributed by atoms with van der Waals surface area (Å²) in [5.74, 6) is 0. The van der Waals surface area contributed by atoms with Crippen molar-refractivity contribution < 1.29 is 8.42 Å². The van der Waals surface area contributed by atoms with E-state index in [1.165, 1.54) is 4.31 Å². The fraction of sp³-hybridized carbons (Fsp3) is 1.00. The number of hydrogen-bond acceptors (Lipinski definition) is 2. The quantitative estimate of drug-likeness (QED) is 0.705. The smallest absolute Gasteiger partial charge is 0.211 e. The monoisotopic (exact) mass is 257 g/mol. The van der Waals surface area contributed by atoms with Gasteiger partial charge >= 0.3 is 0 Å². The van der Waals surface area contributed by atoms with E-state index < -0.39 is 10.0 Å². The minimum atomic E-state index is -3.07. The molecule has 0 saturated heterocycles. The molecule has 3 nitrogen and oxygen atoms in total. The summed E-state index contributed by atoms with van der Waals surface area (Å²) in [6.07, 6.45) is 0.847. The Hall–Kier alpha value is 0.390. The summed E-state index contributed by atoms with van der Waals surface area (Å²) in [4.78, 5) is 0. The second-order valence-corrected chi connectivity index (χ2v) is 5.91. The Bertz CT molecular complexity index is 215. The fourth-order valence-electron chi connectivity index (χ4n) is 1.05. The third kappa shape index (κ3) is 3.03. The van der Waals surface area contributed by atoms with Gasteiger partial charge in [-0.15, -0.1) is 0 Å². The first-order valence-corrected chi connectivity index (χ1v) is 6.78. The SMILES string of the molecule is CCC(C)N(CC)S(=O)(=O)CBr. The Labute approximate surface area is 83.3 Å². The molecule has 0 heterocycles. The number of alkyl halides is 1. The number of hydrogen-bond donors (Lipinski definition) is 0.